The number of para-hydroxylation sites is 1. The van der Waals surface area contributed by atoms with Crippen molar-refractivity contribution in [3.63, 3.8) is 0 Å². The summed E-state index contributed by atoms with van der Waals surface area (Å²) < 4.78 is 0. The number of benzene rings is 1. The lowest BCUT2D eigenvalue weighted by molar-refractivity contribution is 0.567. The molecule has 1 aromatic heterocycles. The topological polar surface area (TPSA) is 50.9 Å². The first-order valence-corrected chi connectivity index (χ1v) is 7.42. The zero-order chi connectivity index (χ0) is 14.5. The van der Waals surface area contributed by atoms with E-state index in [9.17, 15) is 0 Å². The van der Waals surface area contributed by atoms with Gasteiger partial charge in [0.25, 0.3) is 0 Å². The number of anilines is 1. The molecule has 2 aromatic rings. The van der Waals surface area contributed by atoms with Gasteiger partial charge in [-0.1, -0.05) is 44.3 Å². The smallest absolute Gasteiger partial charge is 0.136 e. The van der Waals surface area contributed by atoms with E-state index in [-0.39, 0.29) is 0 Å². The number of hydrogen-bond donors (Lipinski definition) is 2. The highest BCUT2D eigenvalue weighted by molar-refractivity contribution is 7.80. The van der Waals surface area contributed by atoms with Crippen LogP contribution in [0.3, 0.4) is 0 Å². The SMILES string of the molecule is CC(C)CCCNc1nc2ccccc2cc1C(N)=S. The van der Waals surface area contributed by atoms with Crippen molar-refractivity contribution in [2.45, 2.75) is 26.7 Å². The van der Waals surface area contributed by atoms with Gasteiger partial charge in [0.1, 0.15) is 10.8 Å². The molecule has 0 spiro atoms. The van der Waals surface area contributed by atoms with E-state index in [0.29, 0.717) is 4.99 Å². The van der Waals surface area contributed by atoms with Gasteiger partial charge in [0.2, 0.25) is 0 Å². The first-order valence-electron chi connectivity index (χ1n) is 7.01. The minimum absolute atomic E-state index is 0.384. The lowest BCUT2D eigenvalue weighted by atomic mass is 10.1. The van der Waals surface area contributed by atoms with Crippen LogP contribution < -0.4 is 11.1 Å². The largest absolute Gasteiger partial charge is 0.389 e. The summed E-state index contributed by atoms with van der Waals surface area (Å²) in [5.41, 5.74) is 7.59. The van der Waals surface area contributed by atoms with E-state index in [1.165, 1.54) is 6.42 Å². The van der Waals surface area contributed by atoms with Gasteiger partial charge in [-0.05, 0) is 30.9 Å². The van der Waals surface area contributed by atoms with Crippen molar-refractivity contribution >= 4 is 33.9 Å². The van der Waals surface area contributed by atoms with Gasteiger partial charge in [0.15, 0.2) is 0 Å². The molecular formula is C16H21N3S. The van der Waals surface area contributed by atoms with Crippen LogP contribution in [-0.2, 0) is 0 Å². The van der Waals surface area contributed by atoms with E-state index in [0.717, 1.165) is 41.2 Å². The van der Waals surface area contributed by atoms with E-state index in [1.54, 1.807) is 0 Å². The second kappa shape index (κ2) is 6.66. The van der Waals surface area contributed by atoms with Gasteiger partial charge in [-0.25, -0.2) is 4.98 Å². The Morgan fingerprint density at radius 1 is 1.35 bits per heavy atom. The zero-order valence-corrected chi connectivity index (χ0v) is 12.8. The molecule has 2 rings (SSSR count). The molecule has 0 radical (unpaired) electrons. The van der Waals surface area contributed by atoms with Crippen molar-refractivity contribution in [3.05, 3.63) is 35.9 Å². The highest BCUT2D eigenvalue weighted by Gasteiger charge is 2.08. The van der Waals surface area contributed by atoms with Gasteiger partial charge in [0, 0.05) is 11.9 Å². The Bertz CT molecular complexity index is 608. The highest BCUT2D eigenvalue weighted by atomic mass is 32.1. The van der Waals surface area contributed by atoms with Crippen molar-refractivity contribution in [2.24, 2.45) is 11.7 Å². The number of pyridine rings is 1. The van der Waals surface area contributed by atoms with Crippen molar-refractivity contribution in [2.75, 3.05) is 11.9 Å². The highest BCUT2D eigenvalue weighted by Crippen LogP contribution is 2.20. The normalized spacial score (nSPS) is 10.9. The Balaban J connectivity index is 2.21. The van der Waals surface area contributed by atoms with Crippen LogP contribution in [-0.4, -0.2) is 16.5 Å². The summed E-state index contributed by atoms with van der Waals surface area (Å²) in [6.07, 6.45) is 2.31. The molecule has 1 aromatic carbocycles. The van der Waals surface area contributed by atoms with Crippen molar-refractivity contribution in [3.8, 4) is 0 Å². The minimum Gasteiger partial charge on any atom is -0.389 e. The predicted molar refractivity (Wildman–Crippen MR) is 90.2 cm³/mol. The number of aromatic nitrogens is 1. The molecule has 0 atom stereocenters. The van der Waals surface area contributed by atoms with Gasteiger partial charge in [0.05, 0.1) is 11.1 Å². The molecule has 0 fully saturated rings. The fourth-order valence-electron chi connectivity index (χ4n) is 2.16. The number of fused-ring (bicyclic) bond motifs is 1. The van der Waals surface area contributed by atoms with Gasteiger partial charge >= 0.3 is 0 Å². The average Bonchev–Trinajstić information content (AvgIpc) is 2.42. The summed E-state index contributed by atoms with van der Waals surface area (Å²) in [6.45, 7) is 5.35. The molecule has 3 N–H and O–H groups in total. The van der Waals surface area contributed by atoms with E-state index in [4.69, 9.17) is 18.0 Å². The van der Waals surface area contributed by atoms with Gasteiger partial charge in [-0.2, -0.15) is 0 Å². The average molecular weight is 287 g/mol. The number of thiocarbonyl (C=S) groups is 1. The first kappa shape index (κ1) is 14.7. The molecular weight excluding hydrogens is 266 g/mol. The number of rotatable bonds is 6. The Morgan fingerprint density at radius 2 is 2.10 bits per heavy atom. The fraction of sp³-hybridized carbons (Fsp3) is 0.375. The summed E-state index contributed by atoms with van der Waals surface area (Å²) in [6, 6.07) is 10.0. The van der Waals surface area contributed by atoms with E-state index in [1.807, 2.05) is 30.3 Å². The minimum atomic E-state index is 0.384. The predicted octanol–water partition coefficient (Wildman–Crippen LogP) is 3.72. The van der Waals surface area contributed by atoms with Crippen LogP contribution in [0.1, 0.15) is 32.3 Å². The Hall–Kier alpha value is -1.68. The molecule has 0 bridgehead atoms. The van der Waals surface area contributed by atoms with Gasteiger partial charge < -0.3 is 11.1 Å². The van der Waals surface area contributed by atoms with Crippen molar-refractivity contribution < 1.29 is 0 Å². The van der Waals surface area contributed by atoms with Crippen LogP contribution in [0.25, 0.3) is 10.9 Å². The second-order valence-corrected chi connectivity index (χ2v) is 5.84. The van der Waals surface area contributed by atoms with Crippen LogP contribution >= 0.6 is 12.2 Å². The maximum Gasteiger partial charge on any atom is 0.136 e. The Morgan fingerprint density at radius 3 is 2.80 bits per heavy atom. The maximum atomic E-state index is 5.81. The summed E-state index contributed by atoms with van der Waals surface area (Å²) in [7, 11) is 0. The number of hydrogen-bond acceptors (Lipinski definition) is 3. The number of nitrogens with zero attached hydrogens (tertiary/aromatic N) is 1. The molecule has 20 heavy (non-hydrogen) atoms. The third kappa shape index (κ3) is 3.67. The van der Waals surface area contributed by atoms with Crippen molar-refractivity contribution in [1.82, 2.24) is 4.98 Å². The van der Waals surface area contributed by atoms with Crippen LogP contribution in [0.4, 0.5) is 5.82 Å². The van der Waals surface area contributed by atoms with Gasteiger partial charge in [-0.3, -0.25) is 0 Å². The number of nitrogens with two attached hydrogens (primary N) is 1. The first-order chi connectivity index (χ1) is 9.58. The summed E-state index contributed by atoms with van der Waals surface area (Å²) >= 11 is 5.13. The van der Waals surface area contributed by atoms with Crippen LogP contribution in [0.5, 0.6) is 0 Å². The van der Waals surface area contributed by atoms with E-state index < -0.39 is 0 Å². The van der Waals surface area contributed by atoms with Crippen LogP contribution in [0, 0.1) is 5.92 Å². The molecule has 0 saturated carbocycles. The number of nitrogens with one attached hydrogen (secondary N) is 1. The molecule has 0 aliphatic carbocycles. The quantitative estimate of drug-likeness (QED) is 0.628. The monoisotopic (exact) mass is 287 g/mol. The molecule has 106 valence electrons. The third-order valence-electron chi connectivity index (χ3n) is 3.24. The molecule has 0 unspecified atom stereocenters. The molecule has 0 amide bonds. The standard InChI is InChI=1S/C16H21N3S/c1-11(2)6-5-9-18-16-13(15(17)20)10-12-7-3-4-8-14(12)19-16/h3-4,7-8,10-11H,5-6,9H2,1-2H3,(H2,17,20)(H,18,19). The van der Waals surface area contributed by atoms with Crippen molar-refractivity contribution in [1.29, 1.82) is 0 Å². The molecule has 4 heteroatoms. The molecule has 0 aliphatic heterocycles. The van der Waals surface area contributed by atoms with Crippen LogP contribution in [0.2, 0.25) is 0 Å². The summed E-state index contributed by atoms with van der Waals surface area (Å²) in [5.74, 6) is 1.51. The molecule has 0 aliphatic rings. The van der Waals surface area contributed by atoms with Gasteiger partial charge in [-0.15, -0.1) is 0 Å². The molecule has 0 saturated heterocycles. The van der Waals surface area contributed by atoms with E-state index in [2.05, 4.69) is 24.1 Å². The second-order valence-electron chi connectivity index (χ2n) is 5.40. The Labute approximate surface area is 125 Å². The fourth-order valence-corrected chi connectivity index (χ4v) is 2.31. The maximum absolute atomic E-state index is 5.81. The van der Waals surface area contributed by atoms with Crippen LogP contribution in [0.15, 0.2) is 30.3 Å². The molecule has 3 nitrogen and oxygen atoms in total. The molecule has 1 heterocycles. The van der Waals surface area contributed by atoms with E-state index >= 15 is 0 Å². The lowest BCUT2D eigenvalue weighted by Crippen LogP contribution is -2.15. The summed E-state index contributed by atoms with van der Waals surface area (Å²) in [4.78, 5) is 5.02. The third-order valence-corrected chi connectivity index (χ3v) is 3.46. The zero-order valence-electron chi connectivity index (χ0n) is 12.0. The summed E-state index contributed by atoms with van der Waals surface area (Å²) in [5, 5.41) is 4.42. The Kier molecular flexibility index (Phi) is 4.90. The lowest BCUT2D eigenvalue weighted by Gasteiger charge is -2.12.